The molecular formula is C21H25N3O2. The molecule has 0 aliphatic carbocycles. The third-order valence-corrected chi connectivity index (χ3v) is 4.54. The van der Waals surface area contributed by atoms with Gasteiger partial charge in [-0.05, 0) is 24.0 Å². The zero-order valence-electron chi connectivity index (χ0n) is 14.9. The van der Waals surface area contributed by atoms with Gasteiger partial charge in [0, 0.05) is 26.1 Å². The fraction of sp³-hybridized carbons (Fsp3) is 0.333. The summed E-state index contributed by atoms with van der Waals surface area (Å²) < 4.78 is 0. The summed E-state index contributed by atoms with van der Waals surface area (Å²) in [5.41, 5.74) is 2.37. The second kappa shape index (κ2) is 9.04. The summed E-state index contributed by atoms with van der Waals surface area (Å²) in [4.78, 5) is 26.0. The average molecular weight is 351 g/mol. The van der Waals surface area contributed by atoms with Crippen molar-refractivity contribution >= 4 is 11.9 Å². The molecule has 2 N–H and O–H groups in total. The van der Waals surface area contributed by atoms with Gasteiger partial charge in [0.2, 0.25) is 5.91 Å². The molecule has 26 heavy (non-hydrogen) atoms. The molecule has 1 aliphatic rings. The molecule has 3 rings (SSSR count). The number of likely N-dealkylation sites (tertiary alicyclic amines) is 1. The molecule has 0 saturated carbocycles. The number of carbonyl (C=O) groups excluding carboxylic acids is 2. The summed E-state index contributed by atoms with van der Waals surface area (Å²) >= 11 is 0. The fourth-order valence-corrected chi connectivity index (χ4v) is 3.20. The first-order valence-corrected chi connectivity index (χ1v) is 9.11. The van der Waals surface area contributed by atoms with Gasteiger partial charge in [-0.2, -0.15) is 0 Å². The Kier molecular flexibility index (Phi) is 6.25. The van der Waals surface area contributed by atoms with Crippen molar-refractivity contribution in [2.45, 2.75) is 31.8 Å². The number of nitrogens with one attached hydrogen (secondary N) is 2. The quantitative estimate of drug-likeness (QED) is 0.754. The lowest BCUT2D eigenvalue weighted by Crippen LogP contribution is -2.43. The Bertz CT molecular complexity index is 719. The highest BCUT2D eigenvalue weighted by Gasteiger charge is 2.30. The van der Waals surface area contributed by atoms with Crippen molar-refractivity contribution in [1.29, 1.82) is 0 Å². The molecule has 1 saturated heterocycles. The van der Waals surface area contributed by atoms with E-state index in [1.54, 1.807) is 4.90 Å². The third-order valence-electron chi connectivity index (χ3n) is 4.54. The van der Waals surface area contributed by atoms with E-state index in [9.17, 15) is 9.59 Å². The fourth-order valence-electron chi connectivity index (χ4n) is 3.20. The van der Waals surface area contributed by atoms with E-state index >= 15 is 0 Å². The zero-order valence-corrected chi connectivity index (χ0v) is 14.9. The predicted molar refractivity (Wildman–Crippen MR) is 102 cm³/mol. The van der Waals surface area contributed by atoms with Gasteiger partial charge in [0.15, 0.2) is 0 Å². The van der Waals surface area contributed by atoms with Gasteiger partial charge >= 0.3 is 6.03 Å². The first-order chi connectivity index (χ1) is 12.7. The van der Waals surface area contributed by atoms with Crippen LogP contribution in [0.5, 0.6) is 0 Å². The molecule has 1 atom stereocenters. The standard InChI is InChI=1S/C21H25N3O2/c25-20-14-19(16-24(20)15-18-10-5-2-6-11-18)23-21(26)22-13-7-12-17-8-3-1-4-9-17/h1-6,8-11,19H,7,12-16H2,(H2,22,23,26). The van der Waals surface area contributed by atoms with Gasteiger partial charge < -0.3 is 15.5 Å². The Hall–Kier alpha value is -2.82. The molecule has 1 heterocycles. The molecule has 0 spiro atoms. The van der Waals surface area contributed by atoms with Crippen LogP contribution in [0, 0.1) is 0 Å². The lowest BCUT2D eigenvalue weighted by atomic mass is 10.1. The number of carbonyl (C=O) groups is 2. The van der Waals surface area contributed by atoms with Gasteiger partial charge in [0.05, 0.1) is 6.04 Å². The number of nitrogens with zero attached hydrogens (tertiary/aromatic N) is 1. The molecule has 0 aromatic heterocycles. The molecule has 0 radical (unpaired) electrons. The van der Waals surface area contributed by atoms with Crippen LogP contribution < -0.4 is 10.6 Å². The van der Waals surface area contributed by atoms with Gasteiger partial charge in [0.1, 0.15) is 0 Å². The number of hydrogen-bond acceptors (Lipinski definition) is 2. The van der Waals surface area contributed by atoms with Gasteiger partial charge in [-0.25, -0.2) is 4.79 Å². The van der Waals surface area contributed by atoms with Crippen molar-refractivity contribution in [2.75, 3.05) is 13.1 Å². The Labute approximate surface area is 154 Å². The molecule has 136 valence electrons. The van der Waals surface area contributed by atoms with Crippen molar-refractivity contribution in [3.8, 4) is 0 Å². The maximum atomic E-state index is 12.1. The lowest BCUT2D eigenvalue weighted by Gasteiger charge is -2.17. The maximum absolute atomic E-state index is 12.1. The van der Waals surface area contributed by atoms with Gasteiger partial charge in [-0.15, -0.1) is 0 Å². The van der Waals surface area contributed by atoms with E-state index in [0.29, 0.717) is 26.1 Å². The van der Waals surface area contributed by atoms with Crippen LogP contribution in [0.1, 0.15) is 24.0 Å². The molecule has 1 fully saturated rings. The SMILES string of the molecule is O=C(NCCCc1ccccc1)NC1CC(=O)N(Cc2ccccc2)C1. The monoisotopic (exact) mass is 351 g/mol. The molecular weight excluding hydrogens is 326 g/mol. The third kappa shape index (κ3) is 5.34. The normalized spacial score (nSPS) is 16.5. The first kappa shape index (κ1) is 18.0. The minimum atomic E-state index is -0.197. The summed E-state index contributed by atoms with van der Waals surface area (Å²) in [6.45, 7) is 1.77. The molecule has 2 aromatic rings. The average Bonchev–Trinajstić information content (AvgIpc) is 2.99. The molecule has 0 bridgehead atoms. The second-order valence-electron chi connectivity index (χ2n) is 6.65. The van der Waals surface area contributed by atoms with E-state index in [4.69, 9.17) is 0 Å². The number of amides is 3. The van der Waals surface area contributed by atoms with Gasteiger partial charge in [-0.1, -0.05) is 60.7 Å². The maximum Gasteiger partial charge on any atom is 0.315 e. The summed E-state index contributed by atoms with van der Waals surface area (Å²) in [6, 6.07) is 19.8. The zero-order chi connectivity index (χ0) is 18.2. The summed E-state index contributed by atoms with van der Waals surface area (Å²) in [7, 11) is 0. The van der Waals surface area contributed by atoms with Crippen LogP contribution in [0.2, 0.25) is 0 Å². The number of rotatable bonds is 7. The van der Waals surface area contributed by atoms with Gasteiger partial charge in [0.25, 0.3) is 0 Å². The highest BCUT2D eigenvalue weighted by molar-refractivity contribution is 5.81. The number of hydrogen-bond donors (Lipinski definition) is 2. The largest absolute Gasteiger partial charge is 0.338 e. The summed E-state index contributed by atoms with van der Waals surface area (Å²) in [5.74, 6) is 0.0863. The Morgan fingerprint density at radius 3 is 2.35 bits per heavy atom. The van der Waals surface area contributed by atoms with Crippen LogP contribution >= 0.6 is 0 Å². The van der Waals surface area contributed by atoms with E-state index in [-0.39, 0.29) is 18.0 Å². The number of aryl methyl sites for hydroxylation is 1. The Morgan fingerprint density at radius 1 is 1.00 bits per heavy atom. The Balaban J connectivity index is 1.36. The highest BCUT2D eigenvalue weighted by atomic mass is 16.2. The number of urea groups is 1. The van der Waals surface area contributed by atoms with E-state index in [1.807, 2.05) is 48.5 Å². The molecule has 5 heteroatoms. The topological polar surface area (TPSA) is 61.4 Å². The highest BCUT2D eigenvalue weighted by Crippen LogP contribution is 2.15. The number of benzene rings is 2. The van der Waals surface area contributed by atoms with Crippen molar-refractivity contribution in [2.24, 2.45) is 0 Å². The minimum absolute atomic E-state index is 0.0863. The molecule has 1 aliphatic heterocycles. The van der Waals surface area contributed by atoms with Crippen LogP contribution in [-0.2, 0) is 17.8 Å². The second-order valence-corrected chi connectivity index (χ2v) is 6.65. The van der Waals surface area contributed by atoms with Crippen LogP contribution in [0.4, 0.5) is 4.79 Å². The van der Waals surface area contributed by atoms with Crippen molar-refractivity contribution < 1.29 is 9.59 Å². The lowest BCUT2D eigenvalue weighted by molar-refractivity contribution is -0.128. The summed E-state index contributed by atoms with van der Waals surface area (Å²) in [5, 5.41) is 5.79. The summed E-state index contributed by atoms with van der Waals surface area (Å²) in [6.07, 6.45) is 2.19. The molecule has 5 nitrogen and oxygen atoms in total. The Morgan fingerprint density at radius 2 is 1.65 bits per heavy atom. The van der Waals surface area contributed by atoms with Gasteiger partial charge in [-0.3, -0.25) is 4.79 Å². The van der Waals surface area contributed by atoms with Crippen LogP contribution in [-0.4, -0.2) is 36.0 Å². The van der Waals surface area contributed by atoms with Crippen molar-refractivity contribution in [3.63, 3.8) is 0 Å². The molecule has 3 amide bonds. The smallest absolute Gasteiger partial charge is 0.315 e. The minimum Gasteiger partial charge on any atom is -0.338 e. The van der Waals surface area contributed by atoms with Crippen molar-refractivity contribution in [1.82, 2.24) is 15.5 Å². The van der Waals surface area contributed by atoms with Crippen LogP contribution in [0.25, 0.3) is 0 Å². The van der Waals surface area contributed by atoms with E-state index in [1.165, 1.54) is 5.56 Å². The predicted octanol–water partition coefficient (Wildman–Crippen LogP) is 2.72. The van der Waals surface area contributed by atoms with E-state index < -0.39 is 0 Å². The molecule has 2 aromatic carbocycles. The van der Waals surface area contributed by atoms with Crippen LogP contribution in [0.15, 0.2) is 60.7 Å². The van der Waals surface area contributed by atoms with E-state index in [2.05, 4.69) is 22.8 Å². The molecule has 1 unspecified atom stereocenters. The van der Waals surface area contributed by atoms with Crippen molar-refractivity contribution in [3.05, 3.63) is 71.8 Å². The van der Waals surface area contributed by atoms with E-state index in [0.717, 1.165) is 18.4 Å². The van der Waals surface area contributed by atoms with Crippen LogP contribution in [0.3, 0.4) is 0 Å². The first-order valence-electron chi connectivity index (χ1n) is 9.11.